The zero-order valence-corrected chi connectivity index (χ0v) is 10.9. The van der Waals surface area contributed by atoms with Gasteiger partial charge >= 0.3 is 0 Å². The number of hydrogen-bond donors (Lipinski definition) is 1. The number of nitrogens with one attached hydrogen (secondary N) is 1. The van der Waals surface area contributed by atoms with Crippen LogP contribution in [0.1, 0.15) is 24.3 Å². The minimum Gasteiger partial charge on any atom is -0.459 e. The van der Waals surface area contributed by atoms with E-state index in [1.54, 1.807) is 11.3 Å². The third-order valence-corrected chi connectivity index (χ3v) is 4.22. The lowest BCUT2D eigenvalue weighted by atomic mass is 10.0. The summed E-state index contributed by atoms with van der Waals surface area (Å²) in [7, 11) is 2.00. The molecule has 2 heterocycles. The minimum atomic E-state index is 0.297. The Labute approximate surface area is 105 Å². The van der Waals surface area contributed by atoms with Crippen molar-refractivity contribution >= 4 is 11.3 Å². The first-order valence-electron chi connectivity index (χ1n) is 5.91. The predicted octanol–water partition coefficient (Wildman–Crippen LogP) is 2.96. The van der Waals surface area contributed by atoms with Crippen molar-refractivity contribution in [3.63, 3.8) is 0 Å². The van der Waals surface area contributed by atoms with E-state index in [1.165, 1.54) is 18.5 Å². The summed E-state index contributed by atoms with van der Waals surface area (Å²) in [6, 6.07) is 3.98. The number of nitrogens with zero attached hydrogens (tertiary/aromatic N) is 1. The molecule has 0 amide bonds. The van der Waals surface area contributed by atoms with E-state index in [0.29, 0.717) is 5.41 Å². The Balaban J connectivity index is 1.88. The fraction of sp³-hybridized carbons (Fsp3) is 0.462. The normalized spacial score (nSPS) is 17.3. The summed E-state index contributed by atoms with van der Waals surface area (Å²) in [4.78, 5) is 4.73. The molecule has 1 fully saturated rings. The molecule has 2 aromatic rings. The van der Waals surface area contributed by atoms with Gasteiger partial charge in [-0.1, -0.05) is 0 Å². The Morgan fingerprint density at radius 3 is 2.88 bits per heavy atom. The second kappa shape index (κ2) is 3.96. The third kappa shape index (κ3) is 1.91. The largest absolute Gasteiger partial charge is 0.459 e. The fourth-order valence-electron chi connectivity index (χ4n) is 2.19. The van der Waals surface area contributed by atoms with Crippen LogP contribution in [0.5, 0.6) is 0 Å². The molecule has 0 unspecified atom stereocenters. The average Bonchev–Trinajstić information content (AvgIpc) is 2.79. The Kier molecular flexibility index (Phi) is 2.56. The third-order valence-electron chi connectivity index (χ3n) is 3.37. The Morgan fingerprint density at radius 2 is 2.29 bits per heavy atom. The maximum Gasteiger partial charge on any atom is 0.162 e. The number of aromatic nitrogens is 1. The highest BCUT2D eigenvalue weighted by Gasteiger charge is 2.45. The van der Waals surface area contributed by atoms with Gasteiger partial charge in [-0.2, -0.15) is 0 Å². The minimum absolute atomic E-state index is 0.297. The van der Waals surface area contributed by atoms with Crippen LogP contribution in [-0.2, 0) is 5.41 Å². The van der Waals surface area contributed by atoms with Crippen LogP contribution in [0, 0.1) is 6.92 Å². The van der Waals surface area contributed by atoms with Crippen LogP contribution in [0.25, 0.3) is 10.8 Å². The molecule has 0 radical (unpaired) electrons. The van der Waals surface area contributed by atoms with Crippen molar-refractivity contribution in [2.24, 2.45) is 0 Å². The lowest BCUT2D eigenvalue weighted by Crippen LogP contribution is -2.23. The summed E-state index contributed by atoms with van der Waals surface area (Å²) in [6.07, 6.45) is 2.49. The van der Waals surface area contributed by atoms with E-state index in [1.807, 2.05) is 26.1 Å². The molecule has 90 valence electrons. The number of furan rings is 1. The van der Waals surface area contributed by atoms with Crippen molar-refractivity contribution in [3.05, 3.63) is 29.0 Å². The molecule has 0 bridgehead atoms. The van der Waals surface area contributed by atoms with E-state index < -0.39 is 0 Å². The van der Waals surface area contributed by atoms with Gasteiger partial charge in [0.1, 0.15) is 5.76 Å². The van der Waals surface area contributed by atoms with E-state index in [-0.39, 0.29) is 0 Å². The predicted molar refractivity (Wildman–Crippen MR) is 69.4 cm³/mol. The van der Waals surface area contributed by atoms with Gasteiger partial charge < -0.3 is 9.73 Å². The van der Waals surface area contributed by atoms with E-state index in [2.05, 4.69) is 10.7 Å². The first kappa shape index (κ1) is 11.0. The van der Waals surface area contributed by atoms with Crippen molar-refractivity contribution in [3.8, 4) is 10.8 Å². The van der Waals surface area contributed by atoms with Crippen LogP contribution < -0.4 is 5.32 Å². The summed E-state index contributed by atoms with van der Waals surface area (Å²) < 4.78 is 5.61. The number of hydrogen-bond acceptors (Lipinski definition) is 4. The van der Waals surface area contributed by atoms with Crippen LogP contribution in [0.2, 0.25) is 0 Å². The van der Waals surface area contributed by atoms with E-state index >= 15 is 0 Å². The molecule has 0 aromatic carbocycles. The smallest absolute Gasteiger partial charge is 0.162 e. The maximum absolute atomic E-state index is 5.61. The van der Waals surface area contributed by atoms with Crippen molar-refractivity contribution in [1.82, 2.24) is 10.3 Å². The monoisotopic (exact) mass is 248 g/mol. The summed E-state index contributed by atoms with van der Waals surface area (Å²) in [5.74, 6) is 1.83. The van der Waals surface area contributed by atoms with Gasteiger partial charge in [0.2, 0.25) is 0 Å². The molecule has 0 atom stereocenters. The van der Waals surface area contributed by atoms with Crippen LogP contribution >= 0.6 is 11.3 Å². The van der Waals surface area contributed by atoms with Crippen LogP contribution in [0.4, 0.5) is 0 Å². The molecule has 1 aliphatic carbocycles. The molecule has 0 aliphatic heterocycles. The lowest BCUT2D eigenvalue weighted by molar-refractivity contribution is 0.547. The Hall–Kier alpha value is -1.13. The maximum atomic E-state index is 5.61. The van der Waals surface area contributed by atoms with Gasteiger partial charge in [0.25, 0.3) is 0 Å². The van der Waals surface area contributed by atoms with Crippen LogP contribution in [0.3, 0.4) is 0 Å². The number of aryl methyl sites for hydroxylation is 1. The SMILES string of the molecule is CNCC1(c2csc(-c3ccc(C)o3)n2)CC1. The van der Waals surface area contributed by atoms with Gasteiger partial charge in [0.15, 0.2) is 10.8 Å². The van der Waals surface area contributed by atoms with Crippen molar-refractivity contribution in [1.29, 1.82) is 0 Å². The van der Waals surface area contributed by atoms with Gasteiger partial charge in [-0.05, 0) is 38.9 Å². The zero-order chi connectivity index (χ0) is 11.9. The van der Waals surface area contributed by atoms with Gasteiger partial charge in [0, 0.05) is 17.3 Å². The molecular weight excluding hydrogens is 232 g/mol. The molecule has 4 heteroatoms. The van der Waals surface area contributed by atoms with Gasteiger partial charge in [-0.15, -0.1) is 11.3 Å². The highest BCUT2D eigenvalue weighted by Crippen LogP contribution is 2.48. The summed E-state index contributed by atoms with van der Waals surface area (Å²) in [5.41, 5.74) is 1.52. The molecule has 1 N–H and O–H groups in total. The molecule has 0 spiro atoms. The van der Waals surface area contributed by atoms with Gasteiger partial charge in [0.05, 0.1) is 5.69 Å². The Morgan fingerprint density at radius 1 is 1.47 bits per heavy atom. The number of likely N-dealkylation sites (N-methyl/N-ethyl adjacent to an activating group) is 1. The average molecular weight is 248 g/mol. The lowest BCUT2D eigenvalue weighted by Gasteiger charge is -2.10. The Bertz CT molecular complexity index is 525. The highest BCUT2D eigenvalue weighted by atomic mass is 32.1. The molecular formula is C13H16N2OS. The standard InChI is InChI=1S/C13H16N2OS/c1-9-3-4-10(16-9)12-15-11(7-17-12)13(5-6-13)8-14-2/h3-4,7,14H,5-6,8H2,1-2H3. The molecule has 2 aromatic heterocycles. The number of thiazole rings is 1. The second-order valence-electron chi connectivity index (χ2n) is 4.76. The van der Waals surface area contributed by atoms with Crippen molar-refractivity contribution in [2.45, 2.75) is 25.2 Å². The summed E-state index contributed by atoms with van der Waals surface area (Å²) in [5, 5.41) is 6.44. The summed E-state index contributed by atoms with van der Waals surface area (Å²) >= 11 is 1.68. The first-order valence-corrected chi connectivity index (χ1v) is 6.79. The highest BCUT2D eigenvalue weighted by molar-refractivity contribution is 7.13. The molecule has 3 rings (SSSR count). The van der Waals surface area contributed by atoms with E-state index in [4.69, 9.17) is 9.40 Å². The van der Waals surface area contributed by atoms with Gasteiger partial charge in [-0.25, -0.2) is 4.98 Å². The second-order valence-corrected chi connectivity index (χ2v) is 5.62. The molecule has 17 heavy (non-hydrogen) atoms. The fourth-order valence-corrected chi connectivity index (χ4v) is 3.10. The van der Waals surface area contributed by atoms with Crippen LogP contribution in [-0.4, -0.2) is 18.6 Å². The van der Waals surface area contributed by atoms with E-state index in [0.717, 1.165) is 23.1 Å². The topological polar surface area (TPSA) is 38.1 Å². The van der Waals surface area contributed by atoms with Crippen molar-refractivity contribution < 1.29 is 4.42 Å². The quantitative estimate of drug-likeness (QED) is 0.904. The first-order chi connectivity index (χ1) is 8.23. The molecule has 0 saturated heterocycles. The van der Waals surface area contributed by atoms with Crippen molar-refractivity contribution in [2.75, 3.05) is 13.6 Å². The van der Waals surface area contributed by atoms with E-state index in [9.17, 15) is 0 Å². The molecule has 1 saturated carbocycles. The van der Waals surface area contributed by atoms with Crippen LogP contribution in [0.15, 0.2) is 21.9 Å². The molecule has 1 aliphatic rings. The zero-order valence-electron chi connectivity index (χ0n) is 10.1. The van der Waals surface area contributed by atoms with Gasteiger partial charge in [-0.3, -0.25) is 0 Å². The number of rotatable bonds is 4. The summed E-state index contributed by atoms with van der Waals surface area (Å²) in [6.45, 7) is 2.98. The molecule has 3 nitrogen and oxygen atoms in total.